The summed E-state index contributed by atoms with van der Waals surface area (Å²) in [6, 6.07) is 8.55. The highest BCUT2D eigenvalue weighted by atomic mass is 32.2. The molecule has 1 aliphatic heterocycles. The van der Waals surface area contributed by atoms with Crippen molar-refractivity contribution in [2.75, 3.05) is 45.3 Å². The summed E-state index contributed by atoms with van der Waals surface area (Å²) < 4.78 is 65.3. The highest BCUT2D eigenvalue weighted by Crippen LogP contribution is 2.34. The molecule has 0 amide bonds. The van der Waals surface area contributed by atoms with Crippen molar-refractivity contribution < 1.29 is 26.7 Å². The first-order chi connectivity index (χ1) is 15.3. The van der Waals surface area contributed by atoms with Crippen molar-refractivity contribution in [2.45, 2.75) is 4.90 Å². The maximum atomic E-state index is 14.0. The van der Waals surface area contributed by atoms with Crippen LogP contribution in [0.2, 0.25) is 0 Å². The zero-order valence-corrected chi connectivity index (χ0v) is 19.0. The van der Waals surface area contributed by atoms with Crippen molar-refractivity contribution >= 4 is 26.5 Å². The van der Waals surface area contributed by atoms with E-state index in [1.165, 1.54) is 11.3 Å². The van der Waals surface area contributed by atoms with Crippen LogP contribution in [-0.4, -0.2) is 58.1 Å². The standard InChI is InChI=1S/C21H21F2N3O4S2/c1-29-18-7-6-14(12-19(18)30-2)17-13-31-21(24-17)25-8-10-26(11-9-25)32(27,28)20-15(22)4-3-5-16(20)23/h3-7,12-13H,8-11H2,1-2H3. The summed E-state index contributed by atoms with van der Waals surface area (Å²) in [5.41, 5.74) is 1.62. The fourth-order valence-corrected chi connectivity index (χ4v) is 5.94. The third-order valence-corrected chi connectivity index (χ3v) is 8.05. The molecule has 1 aliphatic rings. The minimum atomic E-state index is -4.27. The van der Waals surface area contributed by atoms with Gasteiger partial charge in [0.2, 0.25) is 10.0 Å². The Bertz CT molecular complexity index is 1210. The van der Waals surface area contributed by atoms with Crippen molar-refractivity contribution in [3.05, 3.63) is 53.4 Å². The Labute approximate surface area is 188 Å². The number of piperazine rings is 1. The number of nitrogens with zero attached hydrogens (tertiary/aromatic N) is 3. The molecule has 0 N–H and O–H groups in total. The first-order valence-electron chi connectivity index (χ1n) is 9.72. The zero-order chi connectivity index (χ0) is 22.9. The smallest absolute Gasteiger partial charge is 0.249 e. The normalized spacial score (nSPS) is 15.1. The Morgan fingerprint density at radius 3 is 2.25 bits per heavy atom. The minimum Gasteiger partial charge on any atom is -0.493 e. The molecule has 170 valence electrons. The lowest BCUT2D eigenvalue weighted by Gasteiger charge is -2.33. The van der Waals surface area contributed by atoms with Crippen LogP contribution in [0.15, 0.2) is 46.7 Å². The molecule has 0 saturated carbocycles. The molecule has 0 spiro atoms. The molecule has 0 bridgehead atoms. The van der Waals surface area contributed by atoms with Crippen LogP contribution in [0.4, 0.5) is 13.9 Å². The molecule has 11 heteroatoms. The van der Waals surface area contributed by atoms with Gasteiger partial charge < -0.3 is 14.4 Å². The number of benzene rings is 2. The Hall–Kier alpha value is -2.76. The van der Waals surface area contributed by atoms with E-state index < -0.39 is 26.6 Å². The van der Waals surface area contributed by atoms with E-state index in [2.05, 4.69) is 4.98 Å². The number of aromatic nitrogens is 1. The molecule has 4 rings (SSSR count). The van der Waals surface area contributed by atoms with Crippen LogP contribution in [0, 0.1) is 11.6 Å². The highest BCUT2D eigenvalue weighted by molar-refractivity contribution is 7.89. The molecule has 0 aliphatic carbocycles. The number of hydrogen-bond acceptors (Lipinski definition) is 7. The third-order valence-electron chi connectivity index (χ3n) is 5.20. The lowest BCUT2D eigenvalue weighted by molar-refractivity contribution is 0.355. The van der Waals surface area contributed by atoms with Gasteiger partial charge in [-0.25, -0.2) is 22.2 Å². The fraction of sp³-hybridized carbons (Fsp3) is 0.286. The molecule has 2 heterocycles. The van der Waals surface area contributed by atoms with Crippen LogP contribution < -0.4 is 14.4 Å². The molecule has 1 fully saturated rings. The molecule has 32 heavy (non-hydrogen) atoms. The molecule has 0 atom stereocenters. The highest BCUT2D eigenvalue weighted by Gasteiger charge is 2.33. The van der Waals surface area contributed by atoms with E-state index in [9.17, 15) is 17.2 Å². The number of sulfonamides is 1. The number of thiazole rings is 1. The monoisotopic (exact) mass is 481 g/mol. The second-order valence-electron chi connectivity index (χ2n) is 7.03. The maximum absolute atomic E-state index is 14.0. The average molecular weight is 482 g/mol. The second kappa shape index (κ2) is 9.00. The van der Waals surface area contributed by atoms with E-state index >= 15 is 0 Å². The SMILES string of the molecule is COc1ccc(-c2csc(N3CCN(S(=O)(=O)c4c(F)cccc4F)CC3)n2)cc1OC. The van der Waals surface area contributed by atoms with Gasteiger partial charge in [0.1, 0.15) is 11.6 Å². The molecule has 1 aromatic heterocycles. The zero-order valence-electron chi connectivity index (χ0n) is 17.4. The number of rotatable bonds is 6. The molecule has 0 radical (unpaired) electrons. The summed E-state index contributed by atoms with van der Waals surface area (Å²) in [7, 11) is -1.13. The first kappa shape index (κ1) is 22.4. The van der Waals surface area contributed by atoms with Gasteiger partial charge in [-0.05, 0) is 30.3 Å². The van der Waals surface area contributed by atoms with E-state index in [-0.39, 0.29) is 13.1 Å². The fourth-order valence-electron chi connectivity index (χ4n) is 3.52. The van der Waals surface area contributed by atoms with Crippen LogP contribution in [-0.2, 0) is 10.0 Å². The van der Waals surface area contributed by atoms with E-state index in [0.717, 1.165) is 38.9 Å². The number of ether oxygens (including phenoxy) is 2. The van der Waals surface area contributed by atoms with E-state index in [1.54, 1.807) is 20.3 Å². The van der Waals surface area contributed by atoms with Crippen molar-refractivity contribution in [1.82, 2.24) is 9.29 Å². The Morgan fingerprint density at radius 1 is 0.969 bits per heavy atom. The van der Waals surface area contributed by atoms with Crippen molar-refractivity contribution in [3.63, 3.8) is 0 Å². The van der Waals surface area contributed by atoms with Gasteiger partial charge >= 0.3 is 0 Å². The molecule has 0 unspecified atom stereocenters. The van der Waals surface area contributed by atoms with E-state index in [4.69, 9.17) is 9.47 Å². The van der Waals surface area contributed by atoms with Gasteiger partial charge in [0.15, 0.2) is 21.5 Å². The summed E-state index contributed by atoms with van der Waals surface area (Å²) in [6.07, 6.45) is 0. The molecular formula is C21H21F2N3O4S2. The van der Waals surface area contributed by atoms with Crippen molar-refractivity contribution in [2.24, 2.45) is 0 Å². The second-order valence-corrected chi connectivity index (χ2v) is 9.74. The largest absolute Gasteiger partial charge is 0.493 e. The van der Waals surface area contributed by atoms with Crippen LogP contribution >= 0.6 is 11.3 Å². The molecule has 2 aromatic carbocycles. The third kappa shape index (κ3) is 4.15. The summed E-state index contributed by atoms with van der Waals surface area (Å²) in [4.78, 5) is 5.72. The van der Waals surface area contributed by atoms with Gasteiger partial charge in [-0.2, -0.15) is 4.31 Å². The topological polar surface area (TPSA) is 72.0 Å². The predicted molar refractivity (Wildman–Crippen MR) is 118 cm³/mol. The maximum Gasteiger partial charge on any atom is 0.249 e. The van der Waals surface area contributed by atoms with Crippen LogP contribution in [0.5, 0.6) is 11.5 Å². The molecule has 3 aromatic rings. The van der Waals surface area contributed by atoms with Crippen molar-refractivity contribution in [1.29, 1.82) is 0 Å². The summed E-state index contributed by atoms with van der Waals surface area (Å²) >= 11 is 1.44. The van der Waals surface area contributed by atoms with E-state index in [0.29, 0.717) is 24.6 Å². The number of anilines is 1. The van der Waals surface area contributed by atoms with Crippen LogP contribution in [0.3, 0.4) is 0 Å². The lowest BCUT2D eigenvalue weighted by atomic mass is 10.1. The number of methoxy groups -OCH3 is 2. The van der Waals surface area contributed by atoms with Crippen molar-refractivity contribution in [3.8, 4) is 22.8 Å². The quantitative estimate of drug-likeness (QED) is 0.536. The summed E-state index contributed by atoms with van der Waals surface area (Å²) in [5, 5.41) is 2.65. The molecule has 1 saturated heterocycles. The summed E-state index contributed by atoms with van der Waals surface area (Å²) in [5.74, 6) is -0.965. The van der Waals surface area contributed by atoms with Crippen LogP contribution in [0.1, 0.15) is 0 Å². The molecular weight excluding hydrogens is 460 g/mol. The minimum absolute atomic E-state index is 0.0986. The number of hydrogen-bond donors (Lipinski definition) is 0. The van der Waals surface area contributed by atoms with Gasteiger partial charge in [0, 0.05) is 37.1 Å². The Kier molecular flexibility index (Phi) is 6.31. The Morgan fingerprint density at radius 2 is 1.62 bits per heavy atom. The Balaban J connectivity index is 1.48. The lowest BCUT2D eigenvalue weighted by Crippen LogP contribution is -2.49. The van der Waals surface area contributed by atoms with E-state index in [1.807, 2.05) is 22.4 Å². The van der Waals surface area contributed by atoms with Gasteiger partial charge in [0.05, 0.1) is 19.9 Å². The van der Waals surface area contributed by atoms with Gasteiger partial charge in [-0.3, -0.25) is 0 Å². The number of halogens is 2. The first-order valence-corrected chi connectivity index (χ1v) is 12.0. The van der Waals surface area contributed by atoms with Crippen LogP contribution in [0.25, 0.3) is 11.3 Å². The van der Waals surface area contributed by atoms with Gasteiger partial charge in [-0.1, -0.05) is 6.07 Å². The predicted octanol–water partition coefficient (Wildman–Crippen LogP) is 3.62. The van der Waals surface area contributed by atoms with Gasteiger partial charge in [0.25, 0.3) is 0 Å². The van der Waals surface area contributed by atoms with Gasteiger partial charge in [-0.15, -0.1) is 11.3 Å². The average Bonchev–Trinajstić information content (AvgIpc) is 3.29. The summed E-state index contributed by atoms with van der Waals surface area (Å²) in [6.45, 7) is 0.908. The molecule has 7 nitrogen and oxygen atoms in total.